The first kappa shape index (κ1) is 16.2. The minimum Gasteiger partial charge on any atom is -0.495 e. The lowest BCUT2D eigenvalue weighted by atomic mass is 10.2. The zero-order valence-corrected chi connectivity index (χ0v) is 13.4. The number of aryl methyl sites for hydroxylation is 1. The molecule has 0 aliphatic heterocycles. The van der Waals surface area contributed by atoms with Gasteiger partial charge in [0.2, 0.25) is 5.91 Å². The lowest BCUT2D eigenvalue weighted by Gasteiger charge is -2.12. The van der Waals surface area contributed by atoms with Crippen molar-refractivity contribution >= 4 is 28.9 Å². The molecule has 0 saturated heterocycles. The van der Waals surface area contributed by atoms with Crippen LogP contribution in [-0.2, 0) is 4.79 Å². The molecule has 0 aliphatic rings. The van der Waals surface area contributed by atoms with Gasteiger partial charge in [0.05, 0.1) is 12.8 Å². The molecule has 0 aromatic heterocycles. The lowest BCUT2D eigenvalue weighted by molar-refractivity contribution is -0.115. The Labute approximate surface area is 135 Å². The highest BCUT2D eigenvalue weighted by Gasteiger charge is 2.05. The summed E-state index contributed by atoms with van der Waals surface area (Å²) in [5, 5.41) is 6.70. The average molecular weight is 319 g/mol. The van der Waals surface area contributed by atoms with Crippen LogP contribution in [-0.4, -0.2) is 19.6 Å². The second-order valence-corrected chi connectivity index (χ2v) is 5.37. The van der Waals surface area contributed by atoms with Crippen LogP contribution in [0.2, 0.25) is 5.02 Å². The Morgan fingerprint density at radius 1 is 1.18 bits per heavy atom. The number of halogens is 1. The van der Waals surface area contributed by atoms with E-state index in [1.54, 1.807) is 31.4 Å². The van der Waals surface area contributed by atoms with Crippen LogP contribution in [0.1, 0.15) is 12.0 Å². The predicted octanol–water partition coefficient (Wildman–Crippen LogP) is 4.10. The van der Waals surface area contributed by atoms with Crippen molar-refractivity contribution in [3.05, 3.63) is 53.1 Å². The first-order chi connectivity index (χ1) is 10.6. The smallest absolute Gasteiger partial charge is 0.226 e. The van der Waals surface area contributed by atoms with Crippen molar-refractivity contribution in [3.63, 3.8) is 0 Å². The van der Waals surface area contributed by atoms with E-state index in [1.165, 1.54) is 0 Å². The monoisotopic (exact) mass is 318 g/mol. The maximum atomic E-state index is 11.9. The maximum absolute atomic E-state index is 11.9. The quantitative estimate of drug-likeness (QED) is 0.843. The number of rotatable bonds is 6. The first-order valence-electron chi connectivity index (χ1n) is 7.02. The standard InChI is InChI=1S/C17H19ClN2O2/c1-12-3-8-16(22-2)15(11-12)19-10-9-17(21)20-14-6-4-13(18)5-7-14/h3-8,11,19H,9-10H2,1-2H3,(H,20,21). The van der Waals surface area contributed by atoms with Gasteiger partial charge in [0.25, 0.3) is 0 Å². The Bertz CT molecular complexity index is 642. The van der Waals surface area contributed by atoms with Gasteiger partial charge in [-0.1, -0.05) is 17.7 Å². The van der Waals surface area contributed by atoms with Crippen LogP contribution in [0.5, 0.6) is 5.75 Å². The van der Waals surface area contributed by atoms with Gasteiger partial charge < -0.3 is 15.4 Å². The van der Waals surface area contributed by atoms with E-state index in [1.807, 2.05) is 25.1 Å². The largest absolute Gasteiger partial charge is 0.495 e. The molecule has 2 aromatic rings. The Balaban J connectivity index is 1.84. The van der Waals surface area contributed by atoms with Gasteiger partial charge in [-0.05, 0) is 48.9 Å². The topological polar surface area (TPSA) is 50.4 Å². The predicted molar refractivity (Wildman–Crippen MR) is 90.9 cm³/mol. The molecule has 2 N–H and O–H groups in total. The number of carbonyl (C=O) groups excluding carboxylic acids is 1. The van der Waals surface area contributed by atoms with Crippen molar-refractivity contribution in [2.45, 2.75) is 13.3 Å². The number of hydrogen-bond donors (Lipinski definition) is 2. The van der Waals surface area contributed by atoms with E-state index in [2.05, 4.69) is 10.6 Å². The van der Waals surface area contributed by atoms with Crippen molar-refractivity contribution in [2.24, 2.45) is 0 Å². The molecular formula is C17H19ClN2O2. The molecule has 2 rings (SSSR count). The number of methoxy groups -OCH3 is 1. The molecule has 0 bridgehead atoms. The third kappa shape index (κ3) is 4.67. The third-order valence-electron chi connectivity index (χ3n) is 3.15. The van der Waals surface area contributed by atoms with E-state index in [0.29, 0.717) is 18.0 Å². The summed E-state index contributed by atoms with van der Waals surface area (Å²) in [5.74, 6) is 0.713. The van der Waals surface area contributed by atoms with Crippen molar-refractivity contribution < 1.29 is 9.53 Å². The number of carbonyl (C=O) groups is 1. The van der Waals surface area contributed by atoms with Crippen LogP contribution in [0.15, 0.2) is 42.5 Å². The van der Waals surface area contributed by atoms with E-state index in [4.69, 9.17) is 16.3 Å². The number of benzene rings is 2. The highest BCUT2D eigenvalue weighted by molar-refractivity contribution is 6.30. The van der Waals surface area contributed by atoms with Crippen LogP contribution in [0.4, 0.5) is 11.4 Å². The lowest BCUT2D eigenvalue weighted by Crippen LogP contribution is -2.16. The number of hydrogen-bond acceptors (Lipinski definition) is 3. The van der Waals surface area contributed by atoms with Crippen molar-refractivity contribution in [3.8, 4) is 5.75 Å². The van der Waals surface area contributed by atoms with Gasteiger partial charge in [0, 0.05) is 23.7 Å². The molecule has 4 nitrogen and oxygen atoms in total. The van der Waals surface area contributed by atoms with Gasteiger partial charge in [0.15, 0.2) is 0 Å². The molecule has 0 radical (unpaired) electrons. The molecule has 5 heteroatoms. The van der Waals surface area contributed by atoms with Gasteiger partial charge in [-0.2, -0.15) is 0 Å². The molecule has 116 valence electrons. The summed E-state index contributed by atoms with van der Waals surface area (Å²) in [7, 11) is 1.63. The second-order valence-electron chi connectivity index (χ2n) is 4.94. The highest BCUT2D eigenvalue weighted by atomic mass is 35.5. The molecule has 0 heterocycles. The van der Waals surface area contributed by atoms with Gasteiger partial charge >= 0.3 is 0 Å². The Kier molecular flexibility index (Phi) is 5.67. The zero-order valence-electron chi connectivity index (χ0n) is 12.7. The molecule has 1 amide bonds. The Hall–Kier alpha value is -2.20. The number of amides is 1. The fourth-order valence-corrected chi connectivity index (χ4v) is 2.15. The van der Waals surface area contributed by atoms with Crippen LogP contribution < -0.4 is 15.4 Å². The minimum atomic E-state index is -0.0542. The van der Waals surface area contributed by atoms with Crippen LogP contribution in [0.25, 0.3) is 0 Å². The van der Waals surface area contributed by atoms with E-state index < -0.39 is 0 Å². The SMILES string of the molecule is COc1ccc(C)cc1NCCC(=O)Nc1ccc(Cl)cc1. The van der Waals surface area contributed by atoms with Crippen LogP contribution >= 0.6 is 11.6 Å². The summed E-state index contributed by atoms with van der Waals surface area (Å²) in [6, 6.07) is 12.9. The molecule has 0 unspecified atom stereocenters. The second kappa shape index (κ2) is 7.71. The van der Waals surface area contributed by atoms with E-state index >= 15 is 0 Å². The molecule has 0 aliphatic carbocycles. The summed E-state index contributed by atoms with van der Waals surface area (Å²) in [6.07, 6.45) is 0.361. The number of ether oxygens (including phenoxy) is 1. The fraction of sp³-hybridized carbons (Fsp3) is 0.235. The van der Waals surface area contributed by atoms with Gasteiger partial charge in [-0.25, -0.2) is 0 Å². The van der Waals surface area contributed by atoms with E-state index in [0.717, 1.165) is 22.7 Å². The van der Waals surface area contributed by atoms with E-state index in [-0.39, 0.29) is 5.91 Å². The zero-order chi connectivity index (χ0) is 15.9. The summed E-state index contributed by atoms with van der Waals surface area (Å²) < 4.78 is 5.29. The molecule has 22 heavy (non-hydrogen) atoms. The summed E-state index contributed by atoms with van der Waals surface area (Å²) in [4.78, 5) is 11.9. The van der Waals surface area contributed by atoms with Gasteiger partial charge in [0.1, 0.15) is 5.75 Å². The number of nitrogens with one attached hydrogen (secondary N) is 2. The van der Waals surface area contributed by atoms with Crippen LogP contribution in [0, 0.1) is 6.92 Å². The molecular weight excluding hydrogens is 300 g/mol. The highest BCUT2D eigenvalue weighted by Crippen LogP contribution is 2.25. The molecule has 0 atom stereocenters. The van der Waals surface area contributed by atoms with Gasteiger partial charge in [-0.15, -0.1) is 0 Å². The Morgan fingerprint density at radius 2 is 1.91 bits per heavy atom. The van der Waals surface area contributed by atoms with Crippen molar-refractivity contribution in [2.75, 3.05) is 24.3 Å². The summed E-state index contributed by atoms with van der Waals surface area (Å²) in [5.41, 5.74) is 2.76. The van der Waals surface area contributed by atoms with Gasteiger partial charge in [-0.3, -0.25) is 4.79 Å². The maximum Gasteiger partial charge on any atom is 0.226 e. The van der Waals surface area contributed by atoms with Crippen LogP contribution in [0.3, 0.4) is 0 Å². The van der Waals surface area contributed by atoms with Crippen molar-refractivity contribution in [1.29, 1.82) is 0 Å². The number of anilines is 2. The molecule has 0 fully saturated rings. The Morgan fingerprint density at radius 3 is 2.59 bits per heavy atom. The molecule has 0 spiro atoms. The summed E-state index contributed by atoms with van der Waals surface area (Å²) in [6.45, 7) is 2.54. The third-order valence-corrected chi connectivity index (χ3v) is 3.40. The average Bonchev–Trinajstić information content (AvgIpc) is 2.50. The first-order valence-corrected chi connectivity index (χ1v) is 7.40. The molecule has 0 saturated carbocycles. The fourth-order valence-electron chi connectivity index (χ4n) is 2.03. The summed E-state index contributed by atoms with van der Waals surface area (Å²) >= 11 is 5.81. The minimum absolute atomic E-state index is 0.0542. The molecule has 2 aromatic carbocycles. The van der Waals surface area contributed by atoms with E-state index in [9.17, 15) is 4.79 Å². The van der Waals surface area contributed by atoms with Crippen molar-refractivity contribution in [1.82, 2.24) is 0 Å². The normalized spacial score (nSPS) is 10.1.